The third-order valence-electron chi connectivity index (χ3n) is 4.20. The zero-order valence-corrected chi connectivity index (χ0v) is 14.0. The van der Waals surface area contributed by atoms with Gasteiger partial charge in [0.1, 0.15) is 23.9 Å². The van der Waals surface area contributed by atoms with E-state index in [4.69, 9.17) is 16.3 Å². The largest absolute Gasteiger partial charge is 0.460 e. The summed E-state index contributed by atoms with van der Waals surface area (Å²) in [5, 5.41) is 4.56. The molecule has 4 heterocycles. The van der Waals surface area contributed by atoms with Gasteiger partial charge in [-0.05, 0) is 31.0 Å². The summed E-state index contributed by atoms with van der Waals surface area (Å²) < 4.78 is 7.17. The van der Waals surface area contributed by atoms with Crippen molar-refractivity contribution in [3.8, 4) is 0 Å². The molecule has 128 valence electrons. The molecule has 1 aliphatic rings. The highest BCUT2D eigenvalue weighted by Crippen LogP contribution is 2.25. The average molecular weight is 359 g/mol. The monoisotopic (exact) mass is 358 g/mol. The maximum absolute atomic E-state index is 12.2. The molecular weight excluding hydrogens is 344 g/mol. The van der Waals surface area contributed by atoms with E-state index < -0.39 is 5.97 Å². The van der Waals surface area contributed by atoms with Gasteiger partial charge in [0.25, 0.3) is 5.78 Å². The van der Waals surface area contributed by atoms with Crippen LogP contribution in [0.5, 0.6) is 0 Å². The Morgan fingerprint density at radius 2 is 2.20 bits per heavy atom. The van der Waals surface area contributed by atoms with Gasteiger partial charge in [-0.25, -0.2) is 14.8 Å². The van der Waals surface area contributed by atoms with Crippen LogP contribution in [0.3, 0.4) is 0 Å². The molecule has 0 radical (unpaired) electrons. The lowest BCUT2D eigenvalue weighted by Crippen LogP contribution is -2.35. The quantitative estimate of drug-likeness (QED) is 0.520. The van der Waals surface area contributed by atoms with Crippen molar-refractivity contribution in [1.29, 1.82) is 0 Å². The molecule has 1 saturated heterocycles. The number of hydrogen-bond acceptors (Lipinski definition) is 7. The molecule has 1 unspecified atom stereocenters. The van der Waals surface area contributed by atoms with Gasteiger partial charge in [0.15, 0.2) is 0 Å². The van der Waals surface area contributed by atoms with E-state index in [1.165, 1.54) is 12.5 Å². The Kier molecular flexibility index (Phi) is 4.19. The Hall–Kier alpha value is -2.74. The van der Waals surface area contributed by atoms with Crippen LogP contribution in [-0.4, -0.2) is 49.7 Å². The number of nitrogens with zero attached hydrogens (tertiary/aromatic N) is 6. The molecule has 3 aromatic heterocycles. The molecule has 25 heavy (non-hydrogen) atoms. The third-order valence-corrected chi connectivity index (χ3v) is 4.43. The minimum absolute atomic E-state index is 0.0824. The maximum atomic E-state index is 12.2. The van der Waals surface area contributed by atoms with Gasteiger partial charge in [-0.3, -0.25) is 0 Å². The van der Waals surface area contributed by atoms with Crippen molar-refractivity contribution in [1.82, 2.24) is 24.6 Å². The summed E-state index contributed by atoms with van der Waals surface area (Å²) in [5.74, 6) is 1.04. The average Bonchev–Trinajstić information content (AvgIpc) is 3.29. The first kappa shape index (κ1) is 15.8. The van der Waals surface area contributed by atoms with E-state index in [1.807, 2.05) is 6.07 Å². The van der Waals surface area contributed by atoms with Crippen LogP contribution in [0.15, 0.2) is 36.9 Å². The zero-order valence-electron chi connectivity index (χ0n) is 13.2. The number of carbonyl (C=O) groups excluding carboxylic acids is 1. The fraction of sp³-hybridized carbons (Fsp3) is 0.312. The summed E-state index contributed by atoms with van der Waals surface area (Å²) >= 11 is 5.73. The van der Waals surface area contributed by atoms with E-state index >= 15 is 0 Å². The third kappa shape index (κ3) is 3.12. The molecule has 0 aliphatic carbocycles. The fourth-order valence-corrected chi connectivity index (χ4v) is 3.12. The van der Waals surface area contributed by atoms with Crippen molar-refractivity contribution in [2.24, 2.45) is 0 Å². The van der Waals surface area contributed by atoms with Crippen molar-refractivity contribution in [2.75, 3.05) is 18.1 Å². The molecule has 0 amide bonds. The van der Waals surface area contributed by atoms with Gasteiger partial charge in [-0.2, -0.15) is 14.6 Å². The first-order chi connectivity index (χ1) is 12.2. The first-order valence-electron chi connectivity index (χ1n) is 7.92. The normalized spacial score (nSPS) is 17.2. The van der Waals surface area contributed by atoms with Crippen LogP contribution in [0.25, 0.3) is 5.78 Å². The van der Waals surface area contributed by atoms with Crippen LogP contribution in [0.4, 0.5) is 5.82 Å². The van der Waals surface area contributed by atoms with Gasteiger partial charge >= 0.3 is 5.97 Å². The number of fused-ring (bicyclic) bond motifs is 1. The molecule has 3 aromatic rings. The second-order valence-corrected chi connectivity index (χ2v) is 6.12. The van der Waals surface area contributed by atoms with E-state index in [0.29, 0.717) is 23.1 Å². The van der Waals surface area contributed by atoms with E-state index in [0.717, 1.165) is 25.2 Å². The number of carbonyl (C=O) groups is 1. The SMILES string of the molecule is O=C(OCC1CCCN1c1ccnc2ncnn12)c1ccc(Cl)nc1. The number of ether oxygens (including phenoxy) is 1. The molecular formula is C16H15ClN6O2. The number of hydrogen-bond donors (Lipinski definition) is 0. The van der Waals surface area contributed by atoms with Crippen LogP contribution in [0, 0.1) is 0 Å². The summed E-state index contributed by atoms with van der Waals surface area (Å²) in [6.45, 7) is 1.16. The van der Waals surface area contributed by atoms with Gasteiger partial charge < -0.3 is 9.64 Å². The summed E-state index contributed by atoms with van der Waals surface area (Å²) in [7, 11) is 0. The highest BCUT2D eigenvalue weighted by molar-refractivity contribution is 6.29. The maximum Gasteiger partial charge on any atom is 0.339 e. The lowest BCUT2D eigenvalue weighted by molar-refractivity contribution is 0.0482. The second kappa shape index (κ2) is 6.64. The Morgan fingerprint density at radius 3 is 3.04 bits per heavy atom. The van der Waals surface area contributed by atoms with Crippen molar-refractivity contribution in [3.63, 3.8) is 0 Å². The minimum Gasteiger partial charge on any atom is -0.460 e. The zero-order chi connectivity index (χ0) is 17.2. The summed E-state index contributed by atoms with van der Waals surface area (Å²) in [5.41, 5.74) is 0.386. The minimum atomic E-state index is -0.406. The van der Waals surface area contributed by atoms with Crippen molar-refractivity contribution < 1.29 is 9.53 Å². The van der Waals surface area contributed by atoms with E-state index in [2.05, 4.69) is 25.0 Å². The fourth-order valence-electron chi connectivity index (χ4n) is 3.01. The lowest BCUT2D eigenvalue weighted by Gasteiger charge is -2.26. The molecule has 0 spiro atoms. The predicted octanol–water partition coefficient (Wildman–Crippen LogP) is 2.00. The van der Waals surface area contributed by atoms with E-state index in [-0.39, 0.29) is 6.04 Å². The number of rotatable bonds is 4. The van der Waals surface area contributed by atoms with E-state index in [1.54, 1.807) is 22.8 Å². The molecule has 0 N–H and O–H groups in total. The first-order valence-corrected chi connectivity index (χ1v) is 8.30. The topological polar surface area (TPSA) is 85.5 Å². The van der Waals surface area contributed by atoms with Crippen LogP contribution >= 0.6 is 11.6 Å². The highest BCUT2D eigenvalue weighted by atomic mass is 35.5. The van der Waals surface area contributed by atoms with Crippen molar-refractivity contribution >= 4 is 29.2 Å². The van der Waals surface area contributed by atoms with Crippen molar-refractivity contribution in [2.45, 2.75) is 18.9 Å². The molecule has 0 saturated carbocycles. The van der Waals surface area contributed by atoms with Gasteiger partial charge in [-0.15, -0.1) is 0 Å². The number of pyridine rings is 1. The second-order valence-electron chi connectivity index (χ2n) is 5.73. The smallest absolute Gasteiger partial charge is 0.339 e. The molecule has 0 aromatic carbocycles. The molecule has 9 heteroatoms. The van der Waals surface area contributed by atoms with Gasteiger partial charge in [-0.1, -0.05) is 11.6 Å². The van der Waals surface area contributed by atoms with Crippen LogP contribution in [-0.2, 0) is 4.74 Å². The molecule has 4 rings (SSSR count). The van der Waals surface area contributed by atoms with Crippen molar-refractivity contribution in [3.05, 3.63) is 47.6 Å². The van der Waals surface area contributed by atoms with E-state index in [9.17, 15) is 4.79 Å². The molecule has 1 aliphatic heterocycles. The van der Waals surface area contributed by atoms with Crippen LogP contribution < -0.4 is 4.90 Å². The van der Waals surface area contributed by atoms with Gasteiger partial charge in [0.05, 0.1) is 11.6 Å². The Morgan fingerprint density at radius 1 is 1.28 bits per heavy atom. The standard InChI is InChI=1S/C16H15ClN6O2/c17-13-4-3-11(8-19-13)15(24)25-9-12-2-1-7-22(12)14-5-6-18-16-20-10-21-23(14)16/h3-6,8,10,12H,1-2,7,9H2. The number of halogens is 1. The van der Waals surface area contributed by atoms with Crippen LogP contribution in [0.1, 0.15) is 23.2 Å². The molecule has 8 nitrogen and oxygen atoms in total. The lowest BCUT2D eigenvalue weighted by atomic mass is 10.2. The molecule has 1 atom stereocenters. The summed E-state index contributed by atoms with van der Waals surface area (Å²) in [4.78, 5) is 26.5. The number of esters is 1. The Bertz CT molecular complexity index is 897. The van der Waals surface area contributed by atoms with Gasteiger partial charge in [0, 0.05) is 18.9 Å². The summed E-state index contributed by atoms with van der Waals surface area (Å²) in [6.07, 6.45) is 6.55. The number of anilines is 1. The Labute approximate surface area is 148 Å². The highest BCUT2D eigenvalue weighted by Gasteiger charge is 2.28. The number of aromatic nitrogens is 5. The predicted molar refractivity (Wildman–Crippen MR) is 90.7 cm³/mol. The molecule has 0 bridgehead atoms. The van der Waals surface area contributed by atoms with Crippen LogP contribution in [0.2, 0.25) is 5.15 Å². The molecule has 1 fully saturated rings. The Balaban J connectivity index is 1.48. The van der Waals surface area contributed by atoms with Gasteiger partial charge in [0.2, 0.25) is 0 Å². The summed E-state index contributed by atoms with van der Waals surface area (Å²) in [6, 6.07) is 5.15.